The van der Waals surface area contributed by atoms with Crippen LogP contribution in [0.4, 0.5) is 5.69 Å². The van der Waals surface area contributed by atoms with Crippen LogP contribution in [0.3, 0.4) is 0 Å². The van der Waals surface area contributed by atoms with Gasteiger partial charge in [-0.2, -0.15) is 4.31 Å². The average Bonchev–Trinajstić information content (AvgIpc) is 3.04. The normalized spacial score (nSPS) is 15.5. The van der Waals surface area contributed by atoms with Gasteiger partial charge in [-0.25, -0.2) is 8.42 Å². The Labute approximate surface area is 173 Å². The van der Waals surface area contributed by atoms with Crippen LogP contribution < -0.4 is 9.64 Å². The van der Waals surface area contributed by atoms with E-state index in [1.165, 1.54) is 17.5 Å². The molecule has 0 saturated carbocycles. The van der Waals surface area contributed by atoms with Crippen LogP contribution in [0, 0.1) is 0 Å². The van der Waals surface area contributed by atoms with Crippen molar-refractivity contribution in [2.24, 2.45) is 0 Å². The predicted octanol–water partition coefficient (Wildman–Crippen LogP) is 3.93. The number of hydrogen-bond donors (Lipinski definition) is 0. The average molecular weight is 417 g/mol. The molecule has 1 saturated heterocycles. The summed E-state index contributed by atoms with van der Waals surface area (Å²) in [5, 5.41) is 0. The van der Waals surface area contributed by atoms with Gasteiger partial charge in [0, 0.05) is 30.9 Å². The van der Waals surface area contributed by atoms with Crippen molar-refractivity contribution >= 4 is 21.6 Å². The fourth-order valence-corrected chi connectivity index (χ4v) is 5.34. The lowest BCUT2D eigenvalue weighted by atomic mass is 10.1. The smallest absolute Gasteiger partial charge is 0.258 e. The number of sulfonamides is 1. The topological polar surface area (TPSA) is 66.9 Å². The first kappa shape index (κ1) is 21.3. The van der Waals surface area contributed by atoms with Gasteiger partial charge < -0.3 is 9.64 Å². The highest BCUT2D eigenvalue weighted by Gasteiger charge is 2.29. The number of para-hydroxylation sites is 1. The van der Waals surface area contributed by atoms with Gasteiger partial charge in [-0.05, 0) is 50.1 Å². The van der Waals surface area contributed by atoms with Gasteiger partial charge in [-0.15, -0.1) is 0 Å². The van der Waals surface area contributed by atoms with Crippen LogP contribution in [0.15, 0.2) is 53.4 Å². The maximum Gasteiger partial charge on any atom is 0.258 e. The lowest BCUT2D eigenvalue weighted by Crippen LogP contribution is -2.33. The van der Waals surface area contributed by atoms with Crippen molar-refractivity contribution in [2.45, 2.75) is 37.5 Å². The number of carbonyl (C=O) groups is 1. The van der Waals surface area contributed by atoms with Crippen molar-refractivity contribution in [3.63, 3.8) is 0 Å². The van der Waals surface area contributed by atoms with Crippen LogP contribution in [-0.2, 0) is 10.0 Å². The highest BCUT2D eigenvalue weighted by atomic mass is 32.2. The van der Waals surface area contributed by atoms with Crippen molar-refractivity contribution in [3.05, 3.63) is 54.1 Å². The van der Waals surface area contributed by atoms with Crippen LogP contribution >= 0.6 is 0 Å². The molecule has 0 bridgehead atoms. The maximum atomic E-state index is 13.3. The van der Waals surface area contributed by atoms with Crippen molar-refractivity contribution in [3.8, 4) is 5.75 Å². The Morgan fingerprint density at radius 1 is 1.03 bits per heavy atom. The number of amides is 1. The molecule has 3 rings (SSSR count). The lowest BCUT2D eigenvalue weighted by Gasteiger charge is -2.23. The minimum atomic E-state index is -3.74. The van der Waals surface area contributed by atoms with Crippen molar-refractivity contribution in [2.75, 3.05) is 31.6 Å². The van der Waals surface area contributed by atoms with E-state index in [4.69, 9.17) is 4.74 Å². The second kappa shape index (κ2) is 9.41. The molecule has 29 heavy (non-hydrogen) atoms. The molecule has 1 aliphatic rings. The molecule has 1 amide bonds. The van der Waals surface area contributed by atoms with E-state index in [9.17, 15) is 13.2 Å². The molecule has 0 unspecified atom stereocenters. The van der Waals surface area contributed by atoms with E-state index < -0.39 is 10.0 Å². The SMILES string of the molecule is CCN(C(=O)c1ccc(OC)c(S(=O)(=O)N2CCCCCC2)c1)c1ccccc1. The second-order valence-electron chi connectivity index (χ2n) is 7.07. The van der Waals surface area contributed by atoms with E-state index in [2.05, 4.69) is 0 Å². The second-order valence-corrected chi connectivity index (χ2v) is 8.98. The predicted molar refractivity (Wildman–Crippen MR) is 114 cm³/mol. The van der Waals surface area contributed by atoms with Gasteiger partial charge in [-0.1, -0.05) is 31.0 Å². The van der Waals surface area contributed by atoms with Crippen molar-refractivity contribution < 1.29 is 17.9 Å². The lowest BCUT2D eigenvalue weighted by molar-refractivity contribution is 0.0988. The fourth-order valence-electron chi connectivity index (χ4n) is 3.64. The summed E-state index contributed by atoms with van der Waals surface area (Å²) in [6.45, 7) is 3.36. The first-order valence-electron chi connectivity index (χ1n) is 10.0. The van der Waals surface area contributed by atoms with E-state index in [0.717, 1.165) is 31.4 Å². The van der Waals surface area contributed by atoms with Crippen LogP contribution in [0.25, 0.3) is 0 Å². The first-order valence-corrected chi connectivity index (χ1v) is 11.5. The van der Waals surface area contributed by atoms with Gasteiger partial charge >= 0.3 is 0 Å². The third-order valence-electron chi connectivity index (χ3n) is 5.22. The summed E-state index contributed by atoms with van der Waals surface area (Å²) in [4.78, 5) is 14.8. The zero-order valence-corrected chi connectivity index (χ0v) is 17.8. The number of ether oxygens (including phenoxy) is 1. The molecule has 6 nitrogen and oxygen atoms in total. The van der Waals surface area contributed by atoms with Crippen LogP contribution in [0.5, 0.6) is 5.75 Å². The van der Waals surface area contributed by atoms with E-state index in [1.807, 2.05) is 37.3 Å². The van der Waals surface area contributed by atoms with Crippen LogP contribution in [-0.4, -0.2) is 45.4 Å². The van der Waals surface area contributed by atoms with Gasteiger partial charge in [0.05, 0.1) is 7.11 Å². The highest BCUT2D eigenvalue weighted by Crippen LogP contribution is 2.30. The maximum absolute atomic E-state index is 13.3. The Morgan fingerprint density at radius 3 is 2.28 bits per heavy atom. The molecule has 0 spiro atoms. The summed E-state index contributed by atoms with van der Waals surface area (Å²) in [6, 6.07) is 14.0. The third kappa shape index (κ3) is 4.62. The van der Waals surface area contributed by atoms with Crippen LogP contribution in [0.2, 0.25) is 0 Å². The van der Waals surface area contributed by atoms with Crippen LogP contribution in [0.1, 0.15) is 43.0 Å². The molecule has 0 radical (unpaired) electrons. The number of anilines is 1. The van der Waals surface area contributed by atoms with Gasteiger partial charge in [-0.3, -0.25) is 4.79 Å². The number of benzene rings is 2. The molecule has 0 aromatic heterocycles. The molecule has 1 aliphatic heterocycles. The summed E-state index contributed by atoms with van der Waals surface area (Å²) in [5.74, 6) is 0.0159. The van der Waals surface area contributed by atoms with E-state index in [-0.39, 0.29) is 16.6 Å². The molecule has 0 aliphatic carbocycles. The Bertz CT molecular complexity index is 937. The van der Waals surface area contributed by atoms with E-state index >= 15 is 0 Å². The number of rotatable bonds is 6. The quantitative estimate of drug-likeness (QED) is 0.716. The molecular formula is C22H28N2O4S. The Morgan fingerprint density at radius 2 is 1.69 bits per heavy atom. The minimum Gasteiger partial charge on any atom is -0.495 e. The fraction of sp³-hybridized carbons (Fsp3) is 0.409. The molecule has 0 N–H and O–H groups in total. The summed E-state index contributed by atoms with van der Waals surface area (Å²) < 4.78 is 33.5. The van der Waals surface area contributed by atoms with Gasteiger partial charge in [0.15, 0.2) is 0 Å². The minimum absolute atomic E-state index is 0.0527. The van der Waals surface area contributed by atoms with E-state index in [0.29, 0.717) is 25.2 Å². The van der Waals surface area contributed by atoms with Gasteiger partial charge in [0.2, 0.25) is 10.0 Å². The standard InChI is InChI=1S/C22H28N2O4S/c1-3-24(19-11-7-6-8-12-19)22(25)18-13-14-20(28-2)21(17-18)29(26,27)23-15-9-4-5-10-16-23/h6-8,11-14,17H,3-5,9-10,15-16H2,1-2H3. The number of hydrogen-bond acceptors (Lipinski definition) is 4. The molecule has 2 aromatic carbocycles. The largest absolute Gasteiger partial charge is 0.495 e. The zero-order chi connectivity index (χ0) is 20.9. The van der Waals surface area contributed by atoms with Crippen molar-refractivity contribution in [1.82, 2.24) is 4.31 Å². The number of carbonyl (C=O) groups excluding carboxylic acids is 1. The molecule has 0 atom stereocenters. The summed E-state index contributed by atoms with van der Waals surface area (Å²) >= 11 is 0. The molecule has 2 aromatic rings. The monoisotopic (exact) mass is 416 g/mol. The third-order valence-corrected chi connectivity index (χ3v) is 7.14. The summed E-state index contributed by atoms with van der Waals surface area (Å²) in [6.07, 6.45) is 3.75. The molecule has 1 heterocycles. The van der Waals surface area contributed by atoms with E-state index in [1.54, 1.807) is 17.0 Å². The Balaban J connectivity index is 1.99. The zero-order valence-electron chi connectivity index (χ0n) is 17.0. The molecule has 1 fully saturated rings. The Hall–Kier alpha value is -2.38. The Kier molecular flexibility index (Phi) is 6.92. The molecule has 7 heteroatoms. The van der Waals surface area contributed by atoms with Gasteiger partial charge in [0.1, 0.15) is 10.6 Å². The first-order chi connectivity index (χ1) is 14.0. The molecular weight excluding hydrogens is 388 g/mol. The molecule has 156 valence electrons. The summed E-state index contributed by atoms with van der Waals surface area (Å²) in [7, 11) is -2.30. The summed E-state index contributed by atoms with van der Waals surface area (Å²) in [5.41, 5.74) is 1.10. The van der Waals surface area contributed by atoms with Crippen molar-refractivity contribution in [1.29, 1.82) is 0 Å². The van der Waals surface area contributed by atoms with Gasteiger partial charge in [0.25, 0.3) is 5.91 Å². The number of nitrogens with zero attached hydrogens (tertiary/aromatic N) is 2. The number of methoxy groups -OCH3 is 1. The highest BCUT2D eigenvalue weighted by molar-refractivity contribution is 7.89.